The molecule has 0 aromatic heterocycles. The zero-order valence-electron chi connectivity index (χ0n) is 5.90. The van der Waals surface area contributed by atoms with Crippen molar-refractivity contribution >= 4 is 17.6 Å². The molecule has 0 bridgehead atoms. The Morgan fingerprint density at radius 2 is 2.00 bits per heavy atom. The molecule has 2 amide bonds. The highest BCUT2D eigenvalue weighted by Crippen LogP contribution is 2.16. The van der Waals surface area contributed by atoms with Gasteiger partial charge in [-0.3, -0.25) is 19.3 Å². The maximum atomic E-state index is 11.0. The fourth-order valence-corrected chi connectivity index (χ4v) is 1.07. The molecule has 12 heavy (non-hydrogen) atoms. The molecule has 0 aromatic carbocycles. The number of amides is 2. The normalized spacial score (nSPS) is 20.8. The number of nitrogens with one attached hydrogen (secondary N) is 1. The minimum atomic E-state index is -0.684. The summed E-state index contributed by atoms with van der Waals surface area (Å²) >= 11 is 0. The first-order chi connectivity index (χ1) is 5.70. The van der Waals surface area contributed by atoms with E-state index in [1.54, 1.807) is 0 Å². The van der Waals surface area contributed by atoms with Crippen molar-refractivity contribution in [2.24, 2.45) is 0 Å². The van der Waals surface area contributed by atoms with Crippen LogP contribution in [0.15, 0.2) is 24.2 Å². The third-order valence-electron chi connectivity index (χ3n) is 1.63. The Morgan fingerprint density at radius 1 is 1.25 bits per heavy atom. The molecule has 0 spiro atoms. The van der Waals surface area contributed by atoms with Crippen LogP contribution in [0.2, 0.25) is 0 Å². The van der Waals surface area contributed by atoms with Gasteiger partial charge in [0.1, 0.15) is 5.70 Å². The number of carbonyl (C=O) groups is 3. The highest BCUT2D eigenvalue weighted by molar-refractivity contribution is 6.45. The quantitative estimate of drug-likeness (QED) is 0.461. The minimum absolute atomic E-state index is 0.0903. The molecule has 0 radical (unpaired) electrons. The zero-order valence-corrected chi connectivity index (χ0v) is 5.90. The SMILES string of the molecule is O=C1C=C2C(=O)NC=CN2C1=O. The summed E-state index contributed by atoms with van der Waals surface area (Å²) in [6, 6.07) is 0. The number of fused-ring (bicyclic) bond motifs is 1. The van der Waals surface area contributed by atoms with E-state index in [0.717, 1.165) is 11.0 Å². The first-order valence-corrected chi connectivity index (χ1v) is 3.27. The van der Waals surface area contributed by atoms with E-state index in [4.69, 9.17) is 0 Å². The van der Waals surface area contributed by atoms with Crippen molar-refractivity contribution in [3.63, 3.8) is 0 Å². The molecule has 0 aliphatic carbocycles. The predicted octanol–water partition coefficient (Wildman–Crippen LogP) is -1.12. The van der Waals surface area contributed by atoms with Gasteiger partial charge in [0.05, 0.1) is 0 Å². The van der Waals surface area contributed by atoms with Gasteiger partial charge in [0.2, 0.25) is 5.78 Å². The Kier molecular flexibility index (Phi) is 1.15. The first-order valence-electron chi connectivity index (χ1n) is 3.27. The van der Waals surface area contributed by atoms with E-state index >= 15 is 0 Å². The summed E-state index contributed by atoms with van der Waals surface area (Å²) in [5.41, 5.74) is 0.0903. The van der Waals surface area contributed by atoms with Gasteiger partial charge < -0.3 is 5.32 Å². The van der Waals surface area contributed by atoms with Crippen LogP contribution in [-0.4, -0.2) is 22.5 Å². The third-order valence-corrected chi connectivity index (χ3v) is 1.63. The molecule has 0 saturated carbocycles. The summed E-state index contributed by atoms with van der Waals surface area (Å²) in [4.78, 5) is 33.8. The van der Waals surface area contributed by atoms with Crippen molar-refractivity contribution in [1.29, 1.82) is 0 Å². The van der Waals surface area contributed by atoms with Crippen molar-refractivity contribution in [2.45, 2.75) is 0 Å². The molecule has 60 valence electrons. The lowest BCUT2D eigenvalue weighted by atomic mass is 10.3. The molecule has 0 aromatic rings. The topological polar surface area (TPSA) is 66.5 Å². The minimum Gasteiger partial charge on any atom is -0.326 e. The zero-order chi connectivity index (χ0) is 8.72. The van der Waals surface area contributed by atoms with Crippen LogP contribution in [0.25, 0.3) is 0 Å². The van der Waals surface area contributed by atoms with Crippen molar-refractivity contribution in [2.75, 3.05) is 0 Å². The van der Waals surface area contributed by atoms with Gasteiger partial charge in [-0.05, 0) is 0 Å². The Hall–Kier alpha value is -1.91. The standard InChI is InChI=1S/C7H4N2O3/c10-5-3-4-6(11)8-1-2-9(4)7(5)12/h1-3H,(H,8,11). The Balaban J connectivity index is 2.50. The molecule has 5 heteroatoms. The lowest BCUT2D eigenvalue weighted by Gasteiger charge is -2.17. The average Bonchev–Trinajstić information content (AvgIpc) is 2.32. The third kappa shape index (κ3) is 0.701. The largest absolute Gasteiger partial charge is 0.326 e. The maximum Gasteiger partial charge on any atom is 0.303 e. The van der Waals surface area contributed by atoms with Gasteiger partial charge in [-0.25, -0.2) is 0 Å². The Morgan fingerprint density at radius 3 is 2.67 bits per heavy atom. The summed E-state index contributed by atoms with van der Waals surface area (Å²) in [6.45, 7) is 0. The molecule has 0 saturated heterocycles. The fourth-order valence-electron chi connectivity index (χ4n) is 1.07. The molecule has 0 unspecified atom stereocenters. The first kappa shape index (κ1) is 6.78. The van der Waals surface area contributed by atoms with Crippen molar-refractivity contribution < 1.29 is 14.4 Å². The molecule has 1 N–H and O–H groups in total. The Bertz CT molecular complexity index is 354. The second-order valence-corrected chi connectivity index (χ2v) is 2.36. The van der Waals surface area contributed by atoms with Crippen LogP contribution in [0.3, 0.4) is 0 Å². The van der Waals surface area contributed by atoms with Crippen molar-refractivity contribution in [1.82, 2.24) is 10.2 Å². The van der Waals surface area contributed by atoms with Crippen LogP contribution in [0.1, 0.15) is 0 Å². The smallest absolute Gasteiger partial charge is 0.303 e. The van der Waals surface area contributed by atoms with Crippen LogP contribution >= 0.6 is 0 Å². The fraction of sp³-hybridized carbons (Fsp3) is 0. The van der Waals surface area contributed by atoms with E-state index in [1.807, 2.05) is 0 Å². The van der Waals surface area contributed by atoms with E-state index < -0.39 is 17.6 Å². The summed E-state index contributed by atoms with van der Waals surface area (Å²) < 4.78 is 0. The van der Waals surface area contributed by atoms with Crippen LogP contribution in [-0.2, 0) is 14.4 Å². The summed E-state index contributed by atoms with van der Waals surface area (Å²) in [7, 11) is 0. The number of nitrogens with zero attached hydrogens (tertiary/aromatic N) is 1. The second-order valence-electron chi connectivity index (χ2n) is 2.36. The molecule has 2 aliphatic heterocycles. The molecular formula is C7H4N2O3. The molecular weight excluding hydrogens is 160 g/mol. The van der Waals surface area contributed by atoms with Gasteiger partial charge in [-0.2, -0.15) is 0 Å². The van der Waals surface area contributed by atoms with Crippen LogP contribution in [0.4, 0.5) is 0 Å². The summed E-state index contributed by atoms with van der Waals surface area (Å²) in [6.07, 6.45) is 3.69. The Labute approximate surface area is 67.3 Å². The van der Waals surface area contributed by atoms with Gasteiger partial charge in [0.25, 0.3) is 5.91 Å². The van der Waals surface area contributed by atoms with Crippen LogP contribution < -0.4 is 5.32 Å². The second kappa shape index (κ2) is 2.04. The van der Waals surface area contributed by atoms with E-state index in [9.17, 15) is 14.4 Å². The molecule has 0 atom stereocenters. The van der Waals surface area contributed by atoms with Gasteiger partial charge >= 0.3 is 5.91 Å². The maximum absolute atomic E-state index is 11.0. The van der Waals surface area contributed by atoms with E-state index in [0.29, 0.717) is 0 Å². The van der Waals surface area contributed by atoms with Gasteiger partial charge in [0.15, 0.2) is 0 Å². The molecule has 2 heterocycles. The van der Waals surface area contributed by atoms with Gasteiger partial charge in [-0.1, -0.05) is 0 Å². The lowest BCUT2D eigenvalue weighted by Crippen LogP contribution is -2.35. The predicted molar refractivity (Wildman–Crippen MR) is 37.2 cm³/mol. The van der Waals surface area contributed by atoms with Crippen LogP contribution in [0, 0.1) is 0 Å². The van der Waals surface area contributed by atoms with E-state index in [1.165, 1.54) is 12.4 Å². The van der Waals surface area contributed by atoms with Gasteiger partial charge in [0, 0.05) is 18.5 Å². The molecule has 5 nitrogen and oxygen atoms in total. The monoisotopic (exact) mass is 164 g/mol. The number of ketones is 1. The van der Waals surface area contributed by atoms with Gasteiger partial charge in [-0.15, -0.1) is 0 Å². The molecule has 2 rings (SSSR count). The van der Waals surface area contributed by atoms with E-state index in [2.05, 4.69) is 5.32 Å². The van der Waals surface area contributed by atoms with Crippen molar-refractivity contribution in [3.8, 4) is 0 Å². The highest BCUT2D eigenvalue weighted by atomic mass is 16.2. The number of hydrogen-bond donors (Lipinski definition) is 1. The number of rotatable bonds is 0. The van der Waals surface area contributed by atoms with Crippen molar-refractivity contribution in [3.05, 3.63) is 24.2 Å². The lowest BCUT2D eigenvalue weighted by molar-refractivity contribution is -0.138. The summed E-state index contributed by atoms with van der Waals surface area (Å²) in [5, 5.41) is 2.36. The molecule has 0 fully saturated rings. The molecule has 2 aliphatic rings. The van der Waals surface area contributed by atoms with Crippen LogP contribution in [0.5, 0.6) is 0 Å². The van der Waals surface area contributed by atoms with E-state index in [-0.39, 0.29) is 5.70 Å². The number of carbonyl (C=O) groups excluding carboxylic acids is 3. The number of hydrogen-bond acceptors (Lipinski definition) is 3. The summed E-state index contributed by atoms with van der Waals surface area (Å²) in [5.74, 6) is -1.78. The average molecular weight is 164 g/mol. The highest BCUT2D eigenvalue weighted by Gasteiger charge is 2.34.